The minimum atomic E-state index is 0.141. The summed E-state index contributed by atoms with van der Waals surface area (Å²) in [7, 11) is 0. The van der Waals surface area contributed by atoms with Crippen molar-refractivity contribution in [3.63, 3.8) is 0 Å². The molecule has 0 aliphatic carbocycles. The second kappa shape index (κ2) is 7.39. The maximum atomic E-state index is 5.92. The van der Waals surface area contributed by atoms with Crippen molar-refractivity contribution in [3.8, 4) is 5.75 Å². The van der Waals surface area contributed by atoms with E-state index in [-0.39, 0.29) is 6.10 Å². The van der Waals surface area contributed by atoms with E-state index in [0.717, 1.165) is 18.0 Å². The van der Waals surface area contributed by atoms with Crippen LogP contribution in [0.3, 0.4) is 0 Å². The summed E-state index contributed by atoms with van der Waals surface area (Å²) in [6.45, 7) is 8.74. The van der Waals surface area contributed by atoms with E-state index in [2.05, 4.69) is 10.2 Å². The average Bonchev–Trinajstić information content (AvgIpc) is 2.91. The lowest BCUT2D eigenvalue weighted by Gasteiger charge is -2.16. The standard InChI is InChI=1S/C16H27N3O/c1-13(2)20-16-12-14(6-7-15(16)17)18-8-5-11-19-9-3-4-10-19/h6-7,12-13,18H,3-5,8-11,17H2,1-2H3. The Hall–Kier alpha value is -1.42. The third-order valence-corrected chi connectivity index (χ3v) is 3.56. The molecule has 0 bridgehead atoms. The van der Waals surface area contributed by atoms with E-state index in [1.807, 2.05) is 32.0 Å². The molecule has 2 rings (SSSR count). The van der Waals surface area contributed by atoms with E-state index >= 15 is 0 Å². The Morgan fingerprint density at radius 1 is 1.30 bits per heavy atom. The Morgan fingerprint density at radius 3 is 2.75 bits per heavy atom. The summed E-state index contributed by atoms with van der Waals surface area (Å²) in [5.41, 5.74) is 7.69. The number of hydrogen-bond acceptors (Lipinski definition) is 4. The average molecular weight is 277 g/mol. The highest BCUT2D eigenvalue weighted by Gasteiger charge is 2.10. The molecule has 0 amide bonds. The van der Waals surface area contributed by atoms with Gasteiger partial charge in [0.15, 0.2) is 0 Å². The highest BCUT2D eigenvalue weighted by atomic mass is 16.5. The molecule has 0 aromatic heterocycles. The second-order valence-electron chi connectivity index (χ2n) is 5.75. The first-order chi connectivity index (χ1) is 9.65. The zero-order chi connectivity index (χ0) is 14.4. The van der Waals surface area contributed by atoms with Gasteiger partial charge in [-0.3, -0.25) is 0 Å². The first-order valence-corrected chi connectivity index (χ1v) is 7.67. The van der Waals surface area contributed by atoms with Crippen LogP contribution in [0.25, 0.3) is 0 Å². The number of likely N-dealkylation sites (tertiary alicyclic amines) is 1. The van der Waals surface area contributed by atoms with Crippen LogP contribution in [0, 0.1) is 0 Å². The van der Waals surface area contributed by atoms with Crippen molar-refractivity contribution in [1.29, 1.82) is 0 Å². The van der Waals surface area contributed by atoms with E-state index < -0.39 is 0 Å². The van der Waals surface area contributed by atoms with Gasteiger partial charge in [-0.1, -0.05) is 0 Å². The molecule has 0 spiro atoms. The van der Waals surface area contributed by atoms with Crippen molar-refractivity contribution in [1.82, 2.24) is 4.90 Å². The van der Waals surface area contributed by atoms with Crippen molar-refractivity contribution in [3.05, 3.63) is 18.2 Å². The van der Waals surface area contributed by atoms with Gasteiger partial charge in [0.1, 0.15) is 5.75 Å². The lowest BCUT2D eigenvalue weighted by Crippen LogP contribution is -2.22. The fourth-order valence-electron chi connectivity index (χ4n) is 2.54. The molecule has 112 valence electrons. The molecule has 1 heterocycles. The third kappa shape index (κ3) is 4.60. The quantitative estimate of drug-likeness (QED) is 0.594. The van der Waals surface area contributed by atoms with Gasteiger partial charge in [0.2, 0.25) is 0 Å². The molecule has 1 aromatic carbocycles. The van der Waals surface area contributed by atoms with Gasteiger partial charge in [0.05, 0.1) is 11.8 Å². The Morgan fingerprint density at radius 2 is 2.05 bits per heavy atom. The maximum Gasteiger partial charge on any atom is 0.144 e. The van der Waals surface area contributed by atoms with E-state index in [1.165, 1.54) is 38.9 Å². The molecule has 1 aliphatic rings. The molecule has 0 saturated carbocycles. The smallest absolute Gasteiger partial charge is 0.144 e. The fourth-order valence-corrected chi connectivity index (χ4v) is 2.54. The van der Waals surface area contributed by atoms with E-state index in [0.29, 0.717) is 5.69 Å². The number of ether oxygens (including phenoxy) is 1. The van der Waals surface area contributed by atoms with Crippen LogP contribution in [0.2, 0.25) is 0 Å². The molecule has 1 saturated heterocycles. The van der Waals surface area contributed by atoms with Gasteiger partial charge in [0.25, 0.3) is 0 Å². The number of benzene rings is 1. The lowest BCUT2D eigenvalue weighted by molar-refractivity contribution is 0.244. The Labute approximate surface area is 122 Å². The third-order valence-electron chi connectivity index (χ3n) is 3.56. The van der Waals surface area contributed by atoms with Crippen molar-refractivity contribution >= 4 is 11.4 Å². The van der Waals surface area contributed by atoms with Crippen molar-refractivity contribution in [2.45, 2.75) is 39.2 Å². The molecule has 4 heteroatoms. The van der Waals surface area contributed by atoms with Gasteiger partial charge in [0, 0.05) is 18.3 Å². The predicted octanol–water partition coefficient (Wildman–Crippen LogP) is 2.95. The number of nitrogens with zero attached hydrogens (tertiary/aromatic N) is 1. The zero-order valence-corrected chi connectivity index (χ0v) is 12.7. The molecule has 4 nitrogen and oxygen atoms in total. The second-order valence-corrected chi connectivity index (χ2v) is 5.75. The maximum absolute atomic E-state index is 5.92. The molecule has 20 heavy (non-hydrogen) atoms. The van der Waals surface area contributed by atoms with Crippen LogP contribution in [0.1, 0.15) is 33.1 Å². The van der Waals surface area contributed by atoms with Crippen LogP contribution >= 0.6 is 0 Å². The molecule has 0 unspecified atom stereocenters. The monoisotopic (exact) mass is 277 g/mol. The summed E-state index contributed by atoms with van der Waals surface area (Å²) < 4.78 is 5.70. The molecule has 0 radical (unpaired) electrons. The molecule has 1 fully saturated rings. The van der Waals surface area contributed by atoms with Crippen LogP contribution in [-0.2, 0) is 0 Å². The van der Waals surface area contributed by atoms with Crippen LogP contribution < -0.4 is 15.8 Å². The number of hydrogen-bond donors (Lipinski definition) is 2. The lowest BCUT2D eigenvalue weighted by atomic mass is 10.2. The SMILES string of the molecule is CC(C)Oc1cc(NCCCN2CCCC2)ccc1N. The van der Waals surface area contributed by atoms with Gasteiger partial charge in [-0.05, 0) is 64.9 Å². The van der Waals surface area contributed by atoms with E-state index in [1.54, 1.807) is 0 Å². The molecule has 3 N–H and O–H groups in total. The van der Waals surface area contributed by atoms with Crippen LogP contribution in [0.15, 0.2) is 18.2 Å². The molecular weight excluding hydrogens is 250 g/mol. The number of nitrogens with one attached hydrogen (secondary N) is 1. The minimum Gasteiger partial charge on any atom is -0.489 e. The molecule has 1 aliphatic heterocycles. The number of anilines is 2. The van der Waals surface area contributed by atoms with Crippen molar-refractivity contribution in [2.75, 3.05) is 37.2 Å². The summed E-state index contributed by atoms with van der Waals surface area (Å²) in [5, 5.41) is 3.45. The number of nitrogens with two attached hydrogens (primary N) is 1. The first kappa shape index (κ1) is 15.0. The highest BCUT2D eigenvalue weighted by molar-refractivity contribution is 5.61. The van der Waals surface area contributed by atoms with Crippen molar-refractivity contribution in [2.24, 2.45) is 0 Å². The molecule has 0 atom stereocenters. The van der Waals surface area contributed by atoms with E-state index in [9.17, 15) is 0 Å². The molecular formula is C16H27N3O. The first-order valence-electron chi connectivity index (χ1n) is 7.67. The van der Waals surface area contributed by atoms with Crippen LogP contribution in [0.4, 0.5) is 11.4 Å². The topological polar surface area (TPSA) is 50.5 Å². The highest BCUT2D eigenvalue weighted by Crippen LogP contribution is 2.26. The summed E-state index contributed by atoms with van der Waals surface area (Å²) >= 11 is 0. The fraction of sp³-hybridized carbons (Fsp3) is 0.625. The van der Waals surface area contributed by atoms with Crippen LogP contribution in [-0.4, -0.2) is 37.2 Å². The zero-order valence-electron chi connectivity index (χ0n) is 12.7. The number of rotatable bonds is 7. The Bertz CT molecular complexity index is 414. The van der Waals surface area contributed by atoms with Gasteiger partial charge in [-0.2, -0.15) is 0 Å². The van der Waals surface area contributed by atoms with Crippen molar-refractivity contribution < 1.29 is 4.74 Å². The van der Waals surface area contributed by atoms with Gasteiger partial charge in [-0.15, -0.1) is 0 Å². The largest absolute Gasteiger partial charge is 0.489 e. The van der Waals surface area contributed by atoms with Gasteiger partial charge >= 0.3 is 0 Å². The minimum absolute atomic E-state index is 0.141. The van der Waals surface area contributed by atoms with E-state index in [4.69, 9.17) is 10.5 Å². The summed E-state index contributed by atoms with van der Waals surface area (Å²) in [5.74, 6) is 0.768. The Balaban J connectivity index is 1.77. The predicted molar refractivity (Wildman–Crippen MR) is 85.4 cm³/mol. The normalized spacial score (nSPS) is 15.8. The van der Waals surface area contributed by atoms with Crippen LogP contribution in [0.5, 0.6) is 5.75 Å². The molecule has 1 aromatic rings. The summed E-state index contributed by atoms with van der Waals surface area (Å²) in [6.07, 6.45) is 4.04. The summed E-state index contributed by atoms with van der Waals surface area (Å²) in [4.78, 5) is 2.54. The number of nitrogen functional groups attached to an aromatic ring is 1. The Kier molecular flexibility index (Phi) is 5.53. The van der Waals surface area contributed by atoms with Gasteiger partial charge < -0.3 is 20.7 Å². The summed E-state index contributed by atoms with van der Waals surface area (Å²) in [6, 6.07) is 5.91. The van der Waals surface area contributed by atoms with Gasteiger partial charge in [-0.25, -0.2) is 0 Å².